The average Bonchev–Trinajstić information content (AvgIpc) is 2.59. The minimum atomic E-state index is -0.900. The molecule has 1 unspecified atom stereocenters. The number of carbonyl (C=O) groups excluding carboxylic acids is 2. The molecule has 0 saturated carbocycles. The molecule has 7 nitrogen and oxygen atoms in total. The zero-order valence-electron chi connectivity index (χ0n) is 13.8. The van der Waals surface area contributed by atoms with Crippen molar-refractivity contribution >= 4 is 39.3 Å². The molecule has 8 heteroatoms. The number of methoxy groups -OCH3 is 1. The second-order valence-electron chi connectivity index (χ2n) is 4.90. The van der Waals surface area contributed by atoms with Crippen molar-refractivity contribution in [3.8, 4) is 0 Å². The van der Waals surface area contributed by atoms with Gasteiger partial charge in [0.2, 0.25) is 0 Å². The van der Waals surface area contributed by atoms with Gasteiger partial charge < -0.3 is 20.1 Å². The van der Waals surface area contributed by atoms with Crippen molar-refractivity contribution < 1.29 is 19.1 Å². The van der Waals surface area contributed by atoms with E-state index in [0.717, 1.165) is 4.47 Å². The summed E-state index contributed by atoms with van der Waals surface area (Å²) < 4.78 is 10.8. The quantitative estimate of drug-likeness (QED) is 0.711. The van der Waals surface area contributed by atoms with Gasteiger partial charge in [0.05, 0.1) is 29.9 Å². The van der Waals surface area contributed by atoms with E-state index in [4.69, 9.17) is 9.47 Å². The Labute approximate surface area is 153 Å². The molecule has 0 bridgehead atoms. The lowest BCUT2D eigenvalue weighted by Crippen LogP contribution is -2.21. The van der Waals surface area contributed by atoms with Crippen LogP contribution in [0.15, 0.2) is 47.1 Å². The largest absolute Gasteiger partial charge is 0.464 e. The van der Waals surface area contributed by atoms with Crippen LogP contribution < -0.4 is 10.6 Å². The Hall–Kier alpha value is -2.45. The number of amides is 2. The van der Waals surface area contributed by atoms with Crippen molar-refractivity contribution in [2.75, 3.05) is 24.4 Å². The lowest BCUT2D eigenvalue weighted by molar-refractivity contribution is -0.155. The normalized spacial score (nSPS) is 11.5. The van der Waals surface area contributed by atoms with Crippen LogP contribution in [0.4, 0.5) is 16.2 Å². The SMILES string of the molecule is CCOC(=O)C(OC)c1ccc(NC(=O)Nc2ccccc2Br)cn1. The molecule has 0 radical (unpaired) electrons. The third-order valence-electron chi connectivity index (χ3n) is 3.17. The maximum Gasteiger partial charge on any atom is 0.341 e. The second-order valence-corrected chi connectivity index (χ2v) is 5.75. The van der Waals surface area contributed by atoms with Gasteiger partial charge in [-0.05, 0) is 47.1 Å². The van der Waals surface area contributed by atoms with Crippen molar-refractivity contribution in [1.29, 1.82) is 0 Å². The minimum absolute atomic E-state index is 0.257. The predicted octanol–water partition coefficient (Wildman–Crippen LogP) is 3.74. The molecule has 0 fully saturated rings. The molecule has 1 aromatic heterocycles. The van der Waals surface area contributed by atoms with Crippen LogP contribution in [0.2, 0.25) is 0 Å². The molecular weight excluding hydrogens is 390 g/mol. The fourth-order valence-electron chi connectivity index (χ4n) is 2.04. The van der Waals surface area contributed by atoms with Crippen LogP contribution in [-0.2, 0) is 14.3 Å². The number of nitrogens with zero attached hydrogens (tertiary/aromatic N) is 1. The van der Waals surface area contributed by atoms with E-state index in [0.29, 0.717) is 17.1 Å². The predicted molar refractivity (Wildman–Crippen MR) is 97.4 cm³/mol. The summed E-state index contributed by atoms with van der Waals surface area (Å²) in [6.07, 6.45) is 0.545. The van der Waals surface area contributed by atoms with Crippen LogP contribution in [0, 0.1) is 0 Å². The third kappa shape index (κ3) is 5.27. The molecule has 2 N–H and O–H groups in total. The molecule has 25 heavy (non-hydrogen) atoms. The highest BCUT2D eigenvalue weighted by atomic mass is 79.9. The number of nitrogens with one attached hydrogen (secondary N) is 2. The molecule has 1 aromatic carbocycles. The summed E-state index contributed by atoms with van der Waals surface area (Å²) in [5.41, 5.74) is 1.52. The number of urea groups is 1. The van der Waals surface area contributed by atoms with Gasteiger partial charge in [-0.3, -0.25) is 4.98 Å². The van der Waals surface area contributed by atoms with E-state index >= 15 is 0 Å². The molecule has 0 aliphatic carbocycles. The third-order valence-corrected chi connectivity index (χ3v) is 3.86. The highest BCUT2D eigenvalue weighted by Crippen LogP contribution is 2.22. The van der Waals surface area contributed by atoms with Crippen molar-refractivity contribution in [2.24, 2.45) is 0 Å². The van der Waals surface area contributed by atoms with Gasteiger partial charge in [0.25, 0.3) is 0 Å². The summed E-state index contributed by atoms with van der Waals surface area (Å²) in [5.74, 6) is -0.509. The molecule has 2 rings (SSSR count). The van der Waals surface area contributed by atoms with Crippen LogP contribution in [0.25, 0.3) is 0 Å². The van der Waals surface area contributed by atoms with E-state index in [1.54, 1.807) is 25.1 Å². The van der Waals surface area contributed by atoms with Gasteiger partial charge in [0, 0.05) is 11.6 Å². The summed E-state index contributed by atoms with van der Waals surface area (Å²) in [6.45, 7) is 1.97. The number of para-hydroxylation sites is 1. The van der Waals surface area contributed by atoms with Gasteiger partial charge in [0.1, 0.15) is 0 Å². The van der Waals surface area contributed by atoms with E-state index in [-0.39, 0.29) is 6.61 Å². The van der Waals surface area contributed by atoms with E-state index in [1.807, 2.05) is 18.2 Å². The Balaban J connectivity index is 2.01. The maximum absolute atomic E-state index is 12.0. The fourth-order valence-corrected chi connectivity index (χ4v) is 2.42. The van der Waals surface area contributed by atoms with E-state index in [1.165, 1.54) is 13.3 Å². The first-order valence-corrected chi connectivity index (χ1v) is 8.32. The summed E-state index contributed by atoms with van der Waals surface area (Å²) in [6, 6.07) is 10.1. The average molecular weight is 408 g/mol. The maximum atomic E-state index is 12.0. The monoisotopic (exact) mass is 407 g/mol. The number of hydrogen-bond donors (Lipinski definition) is 2. The topological polar surface area (TPSA) is 89.5 Å². The van der Waals surface area contributed by atoms with Gasteiger partial charge >= 0.3 is 12.0 Å². The Bertz CT molecular complexity index is 737. The fraction of sp³-hybridized carbons (Fsp3) is 0.235. The lowest BCUT2D eigenvalue weighted by atomic mass is 10.2. The van der Waals surface area contributed by atoms with E-state index in [2.05, 4.69) is 31.5 Å². The van der Waals surface area contributed by atoms with Crippen LogP contribution in [-0.4, -0.2) is 30.7 Å². The van der Waals surface area contributed by atoms with Crippen LogP contribution >= 0.6 is 15.9 Å². The van der Waals surface area contributed by atoms with Gasteiger partial charge in [-0.15, -0.1) is 0 Å². The van der Waals surface area contributed by atoms with Crippen molar-refractivity contribution in [1.82, 2.24) is 4.98 Å². The zero-order chi connectivity index (χ0) is 18.2. The summed E-state index contributed by atoms with van der Waals surface area (Å²) >= 11 is 3.36. The smallest absolute Gasteiger partial charge is 0.341 e. The zero-order valence-corrected chi connectivity index (χ0v) is 15.4. The number of pyridine rings is 1. The molecule has 1 atom stereocenters. The molecule has 2 amide bonds. The second kappa shape index (κ2) is 9.14. The molecular formula is C17H18BrN3O4. The van der Waals surface area contributed by atoms with Crippen molar-refractivity contribution in [3.63, 3.8) is 0 Å². The van der Waals surface area contributed by atoms with Crippen LogP contribution in [0.5, 0.6) is 0 Å². The lowest BCUT2D eigenvalue weighted by Gasteiger charge is -2.14. The number of aromatic nitrogens is 1. The first-order chi connectivity index (χ1) is 12.0. The van der Waals surface area contributed by atoms with Gasteiger partial charge in [-0.1, -0.05) is 12.1 Å². The van der Waals surface area contributed by atoms with Gasteiger partial charge in [0.15, 0.2) is 6.10 Å². The Morgan fingerprint density at radius 1 is 1.20 bits per heavy atom. The van der Waals surface area contributed by atoms with E-state index in [9.17, 15) is 9.59 Å². The highest BCUT2D eigenvalue weighted by Gasteiger charge is 2.22. The van der Waals surface area contributed by atoms with Crippen molar-refractivity contribution in [3.05, 3.63) is 52.8 Å². The first kappa shape index (κ1) is 18.9. The Morgan fingerprint density at radius 2 is 1.96 bits per heavy atom. The van der Waals surface area contributed by atoms with Crippen LogP contribution in [0.1, 0.15) is 18.7 Å². The molecule has 0 aliphatic heterocycles. The van der Waals surface area contributed by atoms with E-state index < -0.39 is 18.1 Å². The Kier molecular flexibility index (Phi) is 6.91. The molecule has 2 aromatic rings. The highest BCUT2D eigenvalue weighted by molar-refractivity contribution is 9.10. The molecule has 0 aliphatic rings. The van der Waals surface area contributed by atoms with Crippen molar-refractivity contribution in [2.45, 2.75) is 13.0 Å². The molecule has 1 heterocycles. The van der Waals surface area contributed by atoms with Crippen LogP contribution in [0.3, 0.4) is 0 Å². The number of esters is 1. The number of halogens is 1. The standard InChI is InChI=1S/C17H18BrN3O4/c1-3-25-16(22)15(24-2)14-9-8-11(10-19-14)20-17(23)21-13-7-5-4-6-12(13)18/h4-10,15H,3H2,1-2H3,(H2,20,21,23). The minimum Gasteiger partial charge on any atom is -0.464 e. The number of ether oxygens (including phenoxy) is 2. The number of carbonyl (C=O) groups is 2. The number of anilines is 2. The van der Waals surface area contributed by atoms with Gasteiger partial charge in [-0.2, -0.15) is 0 Å². The molecule has 0 saturated heterocycles. The summed E-state index contributed by atoms with van der Waals surface area (Å²) in [5, 5.41) is 5.38. The molecule has 132 valence electrons. The number of hydrogen-bond acceptors (Lipinski definition) is 5. The first-order valence-electron chi connectivity index (χ1n) is 7.53. The number of rotatable bonds is 6. The summed E-state index contributed by atoms with van der Waals surface area (Å²) in [4.78, 5) is 28.0. The Morgan fingerprint density at radius 3 is 2.56 bits per heavy atom. The molecule has 0 spiro atoms. The van der Waals surface area contributed by atoms with Gasteiger partial charge in [-0.25, -0.2) is 9.59 Å². The summed E-state index contributed by atoms with van der Waals surface area (Å²) in [7, 11) is 1.40. The number of benzene rings is 1.